The lowest BCUT2D eigenvalue weighted by atomic mass is 10.2. The second-order valence-corrected chi connectivity index (χ2v) is 6.51. The summed E-state index contributed by atoms with van der Waals surface area (Å²) in [6.07, 6.45) is 1.44. The van der Waals surface area contributed by atoms with E-state index in [1.807, 2.05) is 43.3 Å². The number of methoxy groups -OCH3 is 1. The Bertz CT molecular complexity index is 1020. The normalized spacial score (nSPS) is 10.2. The van der Waals surface area contributed by atoms with Crippen molar-refractivity contribution in [1.29, 1.82) is 0 Å². The Kier molecular flexibility index (Phi) is 6.09. The lowest BCUT2D eigenvalue weighted by Gasteiger charge is -2.13. The molecule has 0 aliphatic rings. The number of benzene rings is 2. The van der Waals surface area contributed by atoms with Crippen molar-refractivity contribution in [2.24, 2.45) is 0 Å². The number of hydrogen-bond acceptors (Lipinski definition) is 5. The first kappa shape index (κ1) is 19.9. The van der Waals surface area contributed by atoms with Gasteiger partial charge in [0.15, 0.2) is 0 Å². The molecule has 0 aliphatic carbocycles. The van der Waals surface area contributed by atoms with Crippen LogP contribution < -0.4 is 20.3 Å². The summed E-state index contributed by atoms with van der Waals surface area (Å²) in [5.74, 6) is -0.104. The quantitative estimate of drug-likeness (QED) is 0.671. The number of ether oxygens (including phenoxy) is 1. The van der Waals surface area contributed by atoms with Gasteiger partial charge in [-0.2, -0.15) is 0 Å². The van der Waals surface area contributed by atoms with Crippen LogP contribution in [0.3, 0.4) is 0 Å². The molecule has 0 spiro atoms. The number of carbonyl (C=O) groups is 2. The van der Waals surface area contributed by atoms with Gasteiger partial charge in [-0.25, -0.2) is 0 Å². The lowest BCUT2D eigenvalue weighted by molar-refractivity contribution is 0.102. The predicted molar refractivity (Wildman–Crippen MR) is 114 cm³/mol. The van der Waals surface area contributed by atoms with Crippen LogP contribution in [0.2, 0.25) is 0 Å². The first-order chi connectivity index (χ1) is 14.0. The molecule has 1 aromatic heterocycles. The number of amides is 2. The zero-order chi connectivity index (χ0) is 20.8. The summed E-state index contributed by atoms with van der Waals surface area (Å²) < 4.78 is 5.15. The first-order valence-electron chi connectivity index (χ1n) is 8.96. The fourth-order valence-electron chi connectivity index (χ4n) is 2.64. The average Bonchev–Trinajstić information content (AvgIpc) is 2.74. The molecule has 0 bridgehead atoms. The van der Waals surface area contributed by atoms with Crippen LogP contribution in [0.4, 0.5) is 17.1 Å². The molecule has 7 nitrogen and oxygen atoms in total. The number of rotatable bonds is 6. The van der Waals surface area contributed by atoms with Crippen LogP contribution in [0, 0.1) is 0 Å². The summed E-state index contributed by atoms with van der Waals surface area (Å²) in [6, 6.07) is 17.5. The van der Waals surface area contributed by atoms with Crippen molar-refractivity contribution in [1.82, 2.24) is 4.98 Å². The minimum atomic E-state index is -0.414. The highest BCUT2D eigenvalue weighted by Gasteiger charge is 2.13. The number of hydrogen-bond donors (Lipinski definition) is 2. The van der Waals surface area contributed by atoms with Gasteiger partial charge < -0.3 is 20.3 Å². The third kappa shape index (κ3) is 5.10. The summed E-state index contributed by atoms with van der Waals surface area (Å²) in [5.41, 5.74) is 2.76. The maximum atomic E-state index is 12.6. The predicted octanol–water partition coefficient (Wildman–Crippen LogP) is 3.66. The minimum Gasteiger partial charge on any atom is -0.497 e. The monoisotopic (exact) mass is 390 g/mol. The molecule has 0 fully saturated rings. The van der Waals surface area contributed by atoms with Crippen molar-refractivity contribution in [2.75, 3.05) is 36.7 Å². The van der Waals surface area contributed by atoms with E-state index >= 15 is 0 Å². The van der Waals surface area contributed by atoms with Crippen LogP contribution in [0.25, 0.3) is 0 Å². The third-order valence-corrected chi connectivity index (χ3v) is 4.22. The van der Waals surface area contributed by atoms with Crippen molar-refractivity contribution in [3.8, 4) is 5.75 Å². The van der Waals surface area contributed by atoms with E-state index in [2.05, 4.69) is 15.6 Å². The highest BCUT2D eigenvalue weighted by atomic mass is 16.5. The molecule has 0 aliphatic heterocycles. The van der Waals surface area contributed by atoms with Crippen molar-refractivity contribution in [3.05, 3.63) is 78.1 Å². The largest absolute Gasteiger partial charge is 0.497 e. The van der Waals surface area contributed by atoms with E-state index in [0.29, 0.717) is 22.7 Å². The number of carbonyl (C=O) groups excluding carboxylic acids is 2. The lowest BCUT2D eigenvalue weighted by Crippen LogP contribution is -2.17. The summed E-state index contributed by atoms with van der Waals surface area (Å²) in [6.45, 7) is 0. The smallest absolute Gasteiger partial charge is 0.274 e. The Morgan fingerprint density at radius 3 is 2.31 bits per heavy atom. The van der Waals surface area contributed by atoms with Gasteiger partial charge in [0.2, 0.25) is 0 Å². The van der Waals surface area contributed by atoms with Gasteiger partial charge in [-0.05, 0) is 48.5 Å². The first-order valence-corrected chi connectivity index (χ1v) is 8.96. The van der Waals surface area contributed by atoms with Gasteiger partial charge in [0, 0.05) is 49.0 Å². The maximum Gasteiger partial charge on any atom is 0.274 e. The van der Waals surface area contributed by atoms with Crippen molar-refractivity contribution in [3.63, 3.8) is 0 Å². The topological polar surface area (TPSA) is 83.6 Å². The molecule has 1 heterocycles. The van der Waals surface area contributed by atoms with Crippen molar-refractivity contribution in [2.45, 2.75) is 0 Å². The zero-order valence-corrected chi connectivity index (χ0v) is 16.5. The summed E-state index contributed by atoms with van der Waals surface area (Å²) in [7, 11) is 5.45. The van der Waals surface area contributed by atoms with Crippen LogP contribution in [0.5, 0.6) is 5.75 Å². The van der Waals surface area contributed by atoms with Crippen molar-refractivity contribution < 1.29 is 14.3 Å². The molecular weight excluding hydrogens is 368 g/mol. The fraction of sp³-hybridized carbons (Fsp3) is 0.136. The van der Waals surface area contributed by atoms with Crippen LogP contribution in [0.1, 0.15) is 20.8 Å². The SMILES string of the molecule is COc1cccc(NC(=O)c2cc(C(=O)Nc3ccc(N(C)C)cc3)ccn2)c1. The van der Waals surface area contributed by atoms with Crippen LogP contribution in [0.15, 0.2) is 66.9 Å². The average molecular weight is 390 g/mol. The van der Waals surface area contributed by atoms with Gasteiger partial charge in [0.1, 0.15) is 11.4 Å². The number of nitrogens with one attached hydrogen (secondary N) is 2. The minimum absolute atomic E-state index is 0.142. The molecule has 148 valence electrons. The molecule has 2 amide bonds. The number of pyridine rings is 1. The molecule has 7 heteroatoms. The van der Waals surface area contributed by atoms with Crippen LogP contribution in [-0.4, -0.2) is 38.0 Å². The van der Waals surface area contributed by atoms with Crippen LogP contribution >= 0.6 is 0 Å². The Morgan fingerprint density at radius 1 is 0.897 bits per heavy atom. The molecule has 0 atom stereocenters. The van der Waals surface area contributed by atoms with Crippen molar-refractivity contribution >= 4 is 28.9 Å². The molecule has 0 radical (unpaired) electrons. The third-order valence-electron chi connectivity index (χ3n) is 4.22. The van der Waals surface area contributed by atoms with E-state index in [0.717, 1.165) is 5.69 Å². The van der Waals surface area contributed by atoms with E-state index < -0.39 is 5.91 Å². The van der Waals surface area contributed by atoms with Crippen LogP contribution in [-0.2, 0) is 0 Å². The highest BCUT2D eigenvalue weighted by molar-refractivity contribution is 6.07. The molecule has 3 rings (SSSR count). The Labute approximate surface area is 169 Å². The van der Waals surface area contributed by atoms with Gasteiger partial charge in [0.05, 0.1) is 7.11 Å². The molecule has 0 saturated carbocycles. The van der Waals surface area contributed by atoms with E-state index in [1.165, 1.54) is 12.3 Å². The zero-order valence-electron chi connectivity index (χ0n) is 16.5. The molecule has 0 saturated heterocycles. The van der Waals surface area contributed by atoms with E-state index in [9.17, 15) is 9.59 Å². The van der Waals surface area contributed by atoms with E-state index in [-0.39, 0.29) is 11.6 Å². The summed E-state index contributed by atoms with van der Waals surface area (Å²) in [5, 5.41) is 5.57. The second-order valence-electron chi connectivity index (χ2n) is 6.51. The van der Waals surface area contributed by atoms with Gasteiger partial charge >= 0.3 is 0 Å². The maximum absolute atomic E-state index is 12.6. The molecule has 2 N–H and O–H groups in total. The Hall–Kier alpha value is -3.87. The molecular formula is C22H22N4O3. The number of aromatic nitrogens is 1. The van der Waals surface area contributed by atoms with E-state index in [1.54, 1.807) is 37.4 Å². The molecule has 29 heavy (non-hydrogen) atoms. The Balaban J connectivity index is 1.70. The van der Waals surface area contributed by atoms with E-state index in [4.69, 9.17) is 4.74 Å². The highest BCUT2D eigenvalue weighted by Crippen LogP contribution is 2.18. The molecule has 2 aromatic carbocycles. The van der Waals surface area contributed by atoms with Gasteiger partial charge in [-0.1, -0.05) is 6.07 Å². The fourth-order valence-corrected chi connectivity index (χ4v) is 2.64. The molecule has 3 aromatic rings. The number of nitrogens with zero attached hydrogens (tertiary/aromatic N) is 2. The van der Waals surface area contributed by atoms with Gasteiger partial charge in [-0.3, -0.25) is 14.6 Å². The standard InChI is InChI=1S/C22H22N4O3/c1-26(2)18-9-7-16(8-10-18)24-21(27)15-11-12-23-20(13-15)22(28)25-17-5-4-6-19(14-17)29-3/h4-14H,1-3H3,(H,24,27)(H,25,28). The second kappa shape index (κ2) is 8.88. The number of anilines is 3. The summed E-state index contributed by atoms with van der Waals surface area (Å²) >= 11 is 0. The van der Waals surface area contributed by atoms with Gasteiger partial charge in [0.25, 0.3) is 11.8 Å². The molecule has 0 unspecified atom stereocenters. The Morgan fingerprint density at radius 2 is 1.62 bits per heavy atom. The summed E-state index contributed by atoms with van der Waals surface area (Å²) in [4.78, 5) is 31.1. The van der Waals surface area contributed by atoms with Gasteiger partial charge in [-0.15, -0.1) is 0 Å².